The molecule has 0 saturated heterocycles. The van der Waals surface area contributed by atoms with Gasteiger partial charge in [-0.05, 0) is 6.42 Å². The van der Waals surface area contributed by atoms with Crippen LogP contribution in [0.15, 0.2) is 0 Å². The van der Waals surface area contributed by atoms with Gasteiger partial charge in [0.05, 0.1) is 0 Å². The summed E-state index contributed by atoms with van der Waals surface area (Å²) in [4.78, 5) is 21.7. The number of methoxy groups -OCH3 is 1. The van der Waals surface area contributed by atoms with Gasteiger partial charge < -0.3 is 13.6 Å². The van der Waals surface area contributed by atoms with Crippen LogP contribution < -0.4 is 0 Å². The maximum absolute atomic E-state index is 10.9. The van der Waals surface area contributed by atoms with E-state index in [1.807, 2.05) is 0 Å². The van der Waals surface area contributed by atoms with Gasteiger partial charge in [0, 0.05) is 40.2 Å². The molecule has 0 N–H and O–H groups in total. The van der Waals surface area contributed by atoms with Crippen molar-refractivity contribution in [3.05, 3.63) is 0 Å². The van der Waals surface area contributed by atoms with Crippen LogP contribution in [0, 0.1) is 0 Å². The molecule has 0 atom stereocenters. The molecule has 0 fully saturated rings. The molecule has 0 bridgehead atoms. The molecule has 0 saturated carbocycles. The summed E-state index contributed by atoms with van der Waals surface area (Å²) in [5.74, 6) is -0.828. The third-order valence-electron chi connectivity index (χ3n) is 1.70. The Kier molecular flexibility index (Phi) is 6.19. The van der Waals surface area contributed by atoms with E-state index in [1.165, 1.54) is 13.8 Å². The van der Waals surface area contributed by atoms with E-state index in [9.17, 15) is 9.59 Å². The lowest BCUT2D eigenvalue weighted by molar-refractivity contribution is -0.138. The van der Waals surface area contributed by atoms with Gasteiger partial charge in [0.2, 0.25) is 0 Å². The van der Waals surface area contributed by atoms with Crippen LogP contribution in [0.25, 0.3) is 0 Å². The molecule has 0 amide bonds. The molecule has 0 aliphatic rings. The number of hydrogen-bond donors (Lipinski definition) is 0. The first-order valence-electron chi connectivity index (χ1n) is 4.78. The van der Waals surface area contributed by atoms with E-state index in [0.717, 1.165) is 0 Å². The zero-order valence-electron chi connectivity index (χ0n) is 9.66. The summed E-state index contributed by atoms with van der Waals surface area (Å²) < 4.78 is 15.1. The zero-order valence-corrected chi connectivity index (χ0v) is 10.7. The number of rotatable bonds is 6. The first kappa shape index (κ1) is 14.1. The fourth-order valence-corrected chi connectivity index (χ4v) is 3.52. The third kappa shape index (κ3) is 7.09. The smallest absolute Gasteiger partial charge is 0.461 e. The summed E-state index contributed by atoms with van der Waals surface area (Å²) in [6.45, 7) is 4.88. The highest BCUT2D eigenvalue weighted by Gasteiger charge is 2.37. The molecule has 6 heteroatoms. The lowest BCUT2D eigenvalue weighted by atomic mass is 10.5. The van der Waals surface area contributed by atoms with Gasteiger partial charge in [0.25, 0.3) is 11.9 Å². The van der Waals surface area contributed by atoms with Gasteiger partial charge in [0.1, 0.15) is 0 Å². The maximum atomic E-state index is 10.9. The predicted molar refractivity (Wildman–Crippen MR) is 56.5 cm³/mol. The Labute approximate surface area is 91.0 Å². The van der Waals surface area contributed by atoms with Crippen molar-refractivity contribution in [2.45, 2.75) is 32.9 Å². The van der Waals surface area contributed by atoms with Gasteiger partial charge in [-0.2, -0.15) is 0 Å². The second-order valence-corrected chi connectivity index (χ2v) is 6.59. The van der Waals surface area contributed by atoms with E-state index in [0.29, 0.717) is 19.1 Å². The molecule has 0 spiro atoms. The molecule has 88 valence electrons. The van der Waals surface area contributed by atoms with Crippen molar-refractivity contribution in [3.63, 3.8) is 0 Å². The van der Waals surface area contributed by atoms with Crippen LogP contribution in [0.4, 0.5) is 0 Å². The molecule has 15 heavy (non-hydrogen) atoms. The summed E-state index contributed by atoms with van der Waals surface area (Å²) in [5, 5.41) is 0. The number of carbonyl (C=O) groups excluding carboxylic acids is 2. The van der Waals surface area contributed by atoms with Crippen LogP contribution in [0.5, 0.6) is 0 Å². The topological polar surface area (TPSA) is 61.8 Å². The maximum Gasteiger partial charge on any atom is 0.461 e. The van der Waals surface area contributed by atoms with Crippen molar-refractivity contribution in [1.29, 1.82) is 0 Å². The van der Waals surface area contributed by atoms with Crippen molar-refractivity contribution in [1.82, 2.24) is 0 Å². The van der Waals surface area contributed by atoms with Gasteiger partial charge >= 0.3 is 8.56 Å². The predicted octanol–water partition coefficient (Wildman–Crippen LogP) is 1.22. The standard InChI is InChI=1S/C9H18O5Si/c1-8(10)13-15(4,14-9(2)11)7-5-6-12-3/h5-7H2,1-4H3. The van der Waals surface area contributed by atoms with Crippen LogP contribution in [-0.2, 0) is 23.2 Å². The van der Waals surface area contributed by atoms with Crippen molar-refractivity contribution >= 4 is 20.5 Å². The molecule has 5 nitrogen and oxygen atoms in total. The minimum absolute atomic E-state index is 0.414. The quantitative estimate of drug-likeness (QED) is 0.511. The summed E-state index contributed by atoms with van der Waals surface area (Å²) in [6.07, 6.45) is 0.708. The van der Waals surface area contributed by atoms with E-state index >= 15 is 0 Å². The number of hydrogen-bond acceptors (Lipinski definition) is 5. The molecule has 0 unspecified atom stereocenters. The minimum Gasteiger partial charge on any atom is -0.485 e. The monoisotopic (exact) mass is 234 g/mol. The van der Waals surface area contributed by atoms with Crippen molar-refractivity contribution in [2.75, 3.05) is 13.7 Å². The van der Waals surface area contributed by atoms with E-state index < -0.39 is 20.5 Å². The number of ether oxygens (including phenoxy) is 1. The molecular formula is C9H18O5Si. The molecule has 0 aliphatic heterocycles. The Balaban J connectivity index is 4.26. The van der Waals surface area contributed by atoms with Gasteiger partial charge in [-0.15, -0.1) is 0 Å². The van der Waals surface area contributed by atoms with Gasteiger partial charge in [0.15, 0.2) is 0 Å². The van der Waals surface area contributed by atoms with Crippen LogP contribution >= 0.6 is 0 Å². The van der Waals surface area contributed by atoms with Crippen molar-refractivity contribution in [3.8, 4) is 0 Å². The van der Waals surface area contributed by atoms with Crippen LogP contribution in [0.2, 0.25) is 12.6 Å². The summed E-state index contributed by atoms with van der Waals surface area (Å²) in [6, 6.07) is 0.556. The largest absolute Gasteiger partial charge is 0.485 e. The third-order valence-corrected chi connectivity index (χ3v) is 4.40. The van der Waals surface area contributed by atoms with E-state index in [2.05, 4.69) is 0 Å². The second kappa shape index (κ2) is 6.57. The summed E-state index contributed by atoms with van der Waals surface area (Å²) >= 11 is 0. The van der Waals surface area contributed by atoms with Crippen molar-refractivity contribution < 1.29 is 23.2 Å². The van der Waals surface area contributed by atoms with Gasteiger partial charge in [-0.25, -0.2) is 0 Å². The highest BCUT2D eigenvalue weighted by molar-refractivity contribution is 6.69. The average molecular weight is 234 g/mol. The van der Waals surface area contributed by atoms with Crippen LogP contribution in [0.3, 0.4) is 0 Å². The first-order chi connectivity index (χ1) is 6.89. The van der Waals surface area contributed by atoms with Crippen LogP contribution in [-0.4, -0.2) is 34.2 Å². The highest BCUT2D eigenvalue weighted by Crippen LogP contribution is 2.16. The van der Waals surface area contributed by atoms with E-state index in [4.69, 9.17) is 13.6 Å². The Bertz CT molecular complexity index is 213. The lowest BCUT2D eigenvalue weighted by Crippen LogP contribution is -2.41. The molecule has 0 aromatic rings. The van der Waals surface area contributed by atoms with Gasteiger partial charge in [-0.1, -0.05) is 0 Å². The minimum atomic E-state index is -2.69. The Hall–Kier alpha value is -0.883. The summed E-state index contributed by atoms with van der Waals surface area (Å²) in [5.41, 5.74) is 0. The number of carbonyl (C=O) groups is 2. The lowest BCUT2D eigenvalue weighted by Gasteiger charge is -2.24. The first-order valence-corrected chi connectivity index (χ1v) is 7.30. The molecule has 0 aromatic heterocycles. The molecule has 0 aliphatic carbocycles. The van der Waals surface area contributed by atoms with E-state index in [1.54, 1.807) is 13.7 Å². The highest BCUT2D eigenvalue weighted by atomic mass is 28.4. The second-order valence-electron chi connectivity index (χ2n) is 3.42. The van der Waals surface area contributed by atoms with Gasteiger partial charge in [-0.3, -0.25) is 9.59 Å². The molecule has 0 heterocycles. The molecule has 0 aromatic carbocycles. The normalized spacial score (nSPS) is 10.9. The fraction of sp³-hybridized carbons (Fsp3) is 0.778. The average Bonchev–Trinajstić information content (AvgIpc) is 2.00. The van der Waals surface area contributed by atoms with Crippen molar-refractivity contribution in [2.24, 2.45) is 0 Å². The molecular weight excluding hydrogens is 216 g/mol. The Morgan fingerprint density at radius 1 is 1.13 bits per heavy atom. The Morgan fingerprint density at radius 3 is 1.93 bits per heavy atom. The molecule has 0 radical (unpaired) electrons. The Morgan fingerprint density at radius 2 is 1.60 bits per heavy atom. The van der Waals surface area contributed by atoms with E-state index in [-0.39, 0.29) is 0 Å². The zero-order chi connectivity index (χ0) is 11.9. The summed E-state index contributed by atoms with van der Waals surface area (Å²) in [7, 11) is -1.10. The SMILES string of the molecule is COCCC[Si](C)(OC(C)=O)OC(C)=O. The van der Waals surface area contributed by atoms with Crippen LogP contribution in [0.1, 0.15) is 20.3 Å². The fourth-order valence-electron chi connectivity index (χ4n) is 1.27. The molecule has 0 rings (SSSR count).